The Morgan fingerprint density at radius 2 is 1.85 bits per heavy atom. The SMILES string of the molecule is C=C1NN=C(N(C(C)C)C(C)C)S1. The van der Waals surface area contributed by atoms with E-state index in [-0.39, 0.29) is 0 Å². The third kappa shape index (κ3) is 2.40. The number of amidine groups is 1. The molecule has 0 atom stereocenters. The van der Waals surface area contributed by atoms with E-state index in [4.69, 9.17) is 0 Å². The van der Waals surface area contributed by atoms with Crippen LogP contribution in [0, 0.1) is 0 Å². The monoisotopic (exact) mass is 199 g/mol. The van der Waals surface area contributed by atoms with Gasteiger partial charge in [0.05, 0.1) is 5.03 Å². The molecular weight excluding hydrogens is 182 g/mol. The Labute approximate surface area is 84.3 Å². The van der Waals surface area contributed by atoms with Gasteiger partial charge < -0.3 is 4.90 Å². The largest absolute Gasteiger partial charge is 0.345 e. The Balaban J connectivity index is 2.71. The smallest absolute Gasteiger partial charge is 0.190 e. The Hall–Kier alpha value is -0.640. The Kier molecular flexibility index (Phi) is 3.25. The standard InChI is InChI=1S/C9H17N3S/c1-6(2)12(7(3)4)9-11-10-8(5)13-9/h6-7,10H,5H2,1-4H3. The van der Waals surface area contributed by atoms with Crippen molar-refractivity contribution in [1.82, 2.24) is 10.3 Å². The van der Waals surface area contributed by atoms with Gasteiger partial charge >= 0.3 is 0 Å². The highest BCUT2D eigenvalue weighted by molar-refractivity contribution is 8.17. The molecule has 0 bridgehead atoms. The summed E-state index contributed by atoms with van der Waals surface area (Å²) in [6.45, 7) is 12.5. The van der Waals surface area contributed by atoms with Gasteiger partial charge in [0.15, 0.2) is 5.17 Å². The summed E-state index contributed by atoms with van der Waals surface area (Å²) in [7, 11) is 0. The molecule has 13 heavy (non-hydrogen) atoms. The number of nitrogens with one attached hydrogen (secondary N) is 1. The highest BCUT2D eigenvalue weighted by atomic mass is 32.2. The van der Waals surface area contributed by atoms with Crippen LogP contribution in [0.4, 0.5) is 0 Å². The lowest BCUT2D eigenvalue weighted by Gasteiger charge is -2.31. The van der Waals surface area contributed by atoms with Crippen molar-refractivity contribution in [3.63, 3.8) is 0 Å². The first-order valence-electron chi connectivity index (χ1n) is 4.51. The molecule has 4 heteroatoms. The minimum Gasteiger partial charge on any atom is -0.345 e. The summed E-state index contributed by atoms with van der Waals surface area (Å²) in [5, 5.41) is 6.14. The molecule has 0 aromatic rings. The lowest BCUT2D eigenvalue weighted by molar-refractivity contribution is 0.297. The van der Waals surface area contributed by atoms with Gasteiger partial charge in [0.25, 0.3) is 0 Å². The molecule has 0 fully saturated rings. The predicted molar refractivity (Wildman–Crippen MR) is 59.4 cm³/mol. The lowest BCUT2D eigenvalue weighted by atomic mass is 10.2. The number of nitrogens with zero attached hydrogens (tertiary/aromatic N) is 2. The van der Waals surface area contributed by atoms with E-state index in [1.54, 1.807) is 11.8 Å². The number of hydrogen-bond acceptors (Lipinski definition) is 4. The van der Waals surface area contributed by atoms with E-state index in [1.807, 2.05) is 0 Å². The van der Waals surface area contributed by atoms with Crippen molar-refractivity contribution in [2.24, 2.45) is 5.10 Å². The van der Waals surface area contributed by atoms with Gasteiger partial charge in [-0.2, -0.15) is 0 Å². The summed E-state index contributed by atoms with van der Waals surface area (Å²) >= 11 is 1.60. The summed E-state index contributed by atoms with van der Waals surface area (Å²) in [5.41, 5.74) is 2.87. The van der Waals surface area contributed by atoms with Crippen LogP contribution in [-0.2, 0) is 0 Å². The molecule has 1 heterocycles. The van der Waals surface area contributed by atoms with Crippen LogP contribution in [0.15, 0.2) is 16.7 Å². The fourth-order valence-corrected chi connectivity index (χ4v) is 2.34. The molecule has 0 aromatic heterocycles. The van der Waals surface area contributed by atoms with Crippen molar-refractivity contribution in [3.8, 4) is 0 Å². The van der Waals surface area contributed by atoms with Crippen LogP contribution in [0.1, 0.15) is 27.7 Å². The first-order chi connectivity index (χ1) is 6.02. The second-order valence-electron chi connectivity index (χ2n) is 3.63. The molecule has 1 N–H and O–H groups in total. The van der Waals surface area contributed by atoms with Crippen LogP contribution >= 0.6 is 11.8 Å². The van der Waals surface area contributed by atoms with Crippen molar-refractivity contribution >= 4 is 16.9 Å². The molecular formula is C9H17N3S. The predicted octanol–water partition coefficient (Wildman–Crippen LogP) is 2.18. The molecule has 1 aliphatic rings. The summed E-state index contributed by atoms with van der Waals surface area (Å²) < 4.78 is 0. The van der Waals surface area contributed by atoms with Crippen LogP contribution in [0.5, 0.6) is 0 Å². The summed E-state index contributed by atoms with van der Waals surface area (Å²) in [4.78, 5) is 2.27. The molecule has 0 aliphatic carbocycles. The summed E-state index contributed by atoms with van der Waals surface area (Å²) in [6, 6.07) is 0.942. The van der Waals surface area contributed by atoms with E-state index in [9.17, 15) is 0 Å². The molecule has 1 rings (SSSR count). The van der Waals surface area contributed by atoms with E-state index < -0.39 is 0 Å². The van der Waals surface area contributed by atoms with Gasteiger partial charge in [-0.3, -0.25) is 5.43 Å². The lowest BCUT2D eigenvalue weighted by Crippen LogP contribution is -2.40. The quantitative estimate of drug-likeness (QED) is 0.738. The van der Waals surface area contributed by atoms with Gasteiger partial charge in [0.1, 0.15) is 0 Å². The second kappa shape index (κ2) is 4.05. The number of thioether (sulfide) groups is 1. The Morgan fingerprint density at radius 3 is 2.15 bits per heavy atom. The maximum atomic E-state index is 4.22. The Bertz CT molecular complexity index is 225. The molecule has 0 radical (unpaired) electrons. The number of rotatable bonds is 2. The molecule has 0 amide bonds. The minimum atomic E-state index is 0.471. The van der Waals surface area contributed by atoms with E-state index in [1.165, 1.54) is 0 Å². The van der Waals surface area contributed by atoms with Crippen LogP contribution in [-0.4, -0.2) is 22.2 Å². The zero-order valence-electron chi connectivity index (χ0n) is 8.66. The van der Waals surface area contributed by atoms with Gasteiger partial charge in [0, 0.05) is 12.1 Å². The maximum Gasteiger partial charge on any atom is 0.190 e. The molecule has 0 saturated heterocycles. The molecule has 0 saturated carbocycles. The van der Waals surface area contributed by atoms with Crippen molar-refractivity contribution in [1.29, 1.82) is 0 Å². The van der Waals surface area contributed by atoms with E-state index in [0.29, 0.717) is 12.1 Å². The van der Waals surface area contributed by atoms with Crippen LogP contribution in [0.25, 0.3) is 0 Å². The molecule has 74 valence electrons. The van der Waals surface area contributed by atoms with Crippen molar-refractivity contribution < 1.29 is 0 Å². The number of hydrazone groups is 1. The van der Waals surface area contributed by atoms with Gasteiger partial charge in [-0.15, -0.1) is 5.10 Å². The highest BCUT2D eigenvalue weighted by Crippen LogP contribution is 2.24. The third-order valence-corrected chi connectivity index (χ3v) is 2.65. The average molecular weight is 199 g/mol. The van der Waals surface area contributed by atoms with Crippen LogP contribution < -0.4 is 5.43 Å². The van der Waals surface area contributed by atoms with E-state index in [2.05, 4.69) is 49.7 Å². The van der Waals surface area contributed by atoms with Gasteiger partial charge in [-0.05, 0) is 39.5 Å². The third-order valence-electron chi connectivity index (χ3n) is 1.82. The Morgan fingerprint density at radius 1 is 1.31 bits per heavy atom. The van der Waals surface area contributed by atoms with E-state index in [0.717, 1.165) is 10.2 Å². The van der Waals surface area contributed by atoms with Gasteiger partial charge in [-0.25, -0.2) is 0 Å². The van der Waals surface area contributed by atoms with Gasteiger partial charge in [-0.1, -0.05) is 6.58 Å². The maximum absolute atomic E-state index is 4.22. The topological polar surface area (TPSA) is 27.6 Å². The molecule has 3 nitrogen and oxygen atoms in total. The summed E-state index contributed by atoms with van der Waals surface area (Å²) in [6.07, 6.45) is 0. The van der Waals surface area contributed by atoms with Gasteiger partial charge in [0.2, 0.25) is 0 Å². The zero-order valence-corrected chi connectivity index (χ0v) is 9.48. The normalized spacial score (nSPS) is 16.5. The van der Waals surface area contributed by atoms with Crippen molar-refractivity contribution in [2.75, 3.05) is 0 Å². The summed E-state index contributed by atoms with van der Waals surface area (Å²) in [5.74, 6) is 0. The number of hydrogen-bond donors (Lipinski definition) is 1. The van der Waals surface area contributed by atoms with Crippen molar-refractivity contribution in [2.45, 2.75) is 39.8 Å². The molecule has 0 unspecified atom stereocenters. The zero-order chi connectivity index (χ0) is 10.0. The molecule has 0 spiro atoms. The minimum absolute atomic E-state index is 0.471. The molecule has 0 aromatic carbocycles. The van der Waals surface area contributed by atoms with E-state index >= 15 is 0 Å². The second-order valence-corrected chi connectivity index (χ2v) is 4.69. The average Bonchev–Trinajstić information content (AvgIpc) is 2.34. The van der Waals surface area contributed by atoms with Crippen LogP contribution in [0.2, 0.25) is 0 Å². The van der Waals surface area contributed by atoms with Crippen molar-refractivity contribution in [3.05, 3.63) is 11.6 Å². The van der Waals surface area contributed by atoms with Crippen LogP contribution in [0.3, 0.4) is 0 Å². The first kappa shape index (κ1) is 10.4. The first-order valence-corrected chi connectivity index (χ1v) is 5.32. The fraction of sp³-hybridized carbons (Fsp3) is 0.667. The fourth-order valence-electron chi connectivity index (χ4n) is 1.41. The molecule has 1 aliphatic heterocycles. The highest BCUT2D eigenvalue weighted by Gasteiger charge is 2.22.